The average Bonchev–Trinajstić information content (AvgIpc) is 3.06. The maximum absolute atomic E-state index is 13.3. The number of anilines is 2. The Hall–Kier alpha value is -2.20. The normalized spacial score (nSPS) is 17.0. The number of amides is 2. The first-order valence-electron chi connectivity index (χ1n) is 9.95. The molecule has 2 aromatic rings. The summed E-state index contributed by atoms with van der Waals surface area (Å²) in [7, 11) is 0. The van der Waals surface area contributed by atoms with Crippen LogP contribution in [0.4, 0.5) is 20.6 Å². The molecule has 0 saturated carbocycles. The van der Waals surface area contributed by atoms with E-state index in [0.717, 1.165) is 19.4 Å². The van der Waals surface area contributed by atoms with Crippen LogP contribution in [0.25, 0.3) is 11.0 Å². The Balaban J connectivity index is 2.12. The monoisotopic (exact) mass is 483 g/mol. The van der Waals surface area contributed by atoms with Crippen molar-refractivity contribution < 1.29 is 18.7 Å². The van der Waals surface area contributed by atoms with Crippen LogP contribution in [0.1, 0.15) is 40.0 Å². The molecule has 0 bridgehead atoms. The number of H-pyrrole nitrogens is 1. The summed E-state index contributed by atoms with van der Waals surface area (Å²) in [6, 6.07) is -0.139. The lowest BCUT2D eigenvalue weighted by molar-refractivity contribution is -0.116. The second-order valence-corrected chi connectivity index (χ2v) is 9.07. The highest BCUT2D eigenvalue weighted by Crippen LogP contribution is 2.40. The van der Waals surface area contributed by atoms with Gasteiger partial charge in [-0.25, -0.2) is 9.78 Å². The molecule has 1 aliphatic heterocycles. The van der Waals surface area contributed by atoms with Gasteiger partial charge in [0.05, 0.1) is 40.4 Å². The van der Waals surface area contributed by atoms with Gasteiger partial charge in [-0.3, -0.25) is 14.1 Å². The zero-order valence-corrected chi connectivity index (χ0v) is 18.9. The Bertz CT molecular complexity index is 921. The molecular weight excluding hydrogens is 457 g/mol. The van der Waals surface area contributed by atoms with Crippen molar-refractivity contribution in [2.24, 2.45) is 0 Å². The highest BCUT2D eigenvalue weighted by atomic mass is 79.9. The molecule has 1 atom stereocenters. The number of carbonyl (C=O) groups is 2. The van der Waals surface area contributed by atoms with Gasteiger partial charge >= 0.3 is 6.09 Å². The number of hydrogen-bond acceptors (Lipinski definition) is 5. The van der Waals surface area contributed by atoms with Crippen molar-refractivity contribution in [3.05, 3.63) is 16.9 Å². The van der Waals surface area contributed by atoms with Gasteiger partial charge in [-0.15, -0.1) is 0 Å². The minimum absolute atomic E-state index is 0.139. The zero-order valence-electron chi connectivity index (χ0n) is 17.3. The molecule has 0 aliphatic carbocycles. The number of carbonyl (C=O) groups excluding carboxylic acids is 2. The van der Waals surface area contributed by atoms with E-state index in [1.165, 1.54) is 0 Å². The van der Waals surface area contributed by atoms with Crippen molar-refractivity contribution in [2.75, 3.05) is 30.0 Å². The van der Waals surface area contributed by atoms with Crippen LogP contribution in [0.3, 0.4) is 0 Å². The standard InChI is InChI=1S/C20H27BrFN5O3/c1-20(2,3)30-19(29)27(12-5-4-8-23-9-12)17-13(21)10-24-18-16(17)14(11-25-18)26-15(28)6-7-22/h10-12,23H,4-9H2,1-3H3,(H,24,25)(H,26,28)/t12-/m1/s1. The van der Waals surface area contributed by atoms with Crippen molar-refractivity contribution in [3.63, 3.8) is 0 Å². The number of fused-ring (bicyclic) bond motifs is 1. The zero-order chi connectivity index (χ0) is 21.9. The first-order valence-corrected chi connectivity index (χ1v) is 10.7. The fraction of sp³-hybridized carbons (Fsp3) is 0.550. The number of rotatable bonds is 5. The molecule has 0 radical (unpaired) electrons. The van der Waals surface area contributed by atoms with E-state index in [-0.39, 0.29) is 12.5 Å². The van der Waals surface area contributed by atoms with Gasteiger partial charge in [-0.2, -0.15) is 0 Å². The van der Waals surface area contributed by atoms with Gasteiger partial charge in [-0.05, 0) is 56.1 Å². The summed E-state index contributed by atoms with van der Waals surface area (Å²) >= 11 is 3.53. The van der Waals surface area contributed by atoms with Gasteiger partial charge in [0.25, 0.3) is 0 Å². The predicted octanol–water partition coefficient (Wildman–Crippen LogP) is 4.12. The highest BCUT2D eigenvalue weighted by Gasteiger charge is 2.34. The molecule has 1 fully saturated rings. The number of aromatic amines is 1. The van der Waals surface area contributed by atoms with Gasteiger partial charge in [0.1, 0.15) is 11.2 Å². The molecule has 3 rings (SSSR count). The van der Waals surface area contributed by atoms with Crippen molar-refractivity contribution in [1.29, 1.82) is 0 Å². The summed E-state index contributed by atoms with van der Waals surface area (Å²) in [5.41, 5.74) is 0.817. The van der Waals surface area contributed by atoms with Crippen LogP contribution in [-0.4, -0.2) is 53.4 Å². The number of halogens is 2. The van der Waals surface area contributed by atoms with Crippen LogP contribution in [0.5, 0.6) is 0 Å². The number of pyridine rings is 1. The third-order valence-electron chi connectivity index (χ3n) is 4.69. The topological polar surface area (TPSA) is 99.3 Å². The van der Waals surface area contributed by atoms with Gasteiger partial charge in [0, 0.05) is 18.9 Å². The van der Waals surface area contributed by atoms with Gasteiger partial charge in [0.15, 0.2) is 0 Å². The number of aromatic nitrogens is 2. The summed E-state index contributed by atoms with van der Waals surface area (Å²) in [5.74, 6) is -0.451. The fourth-order valence-corrected chi connectivity index (χ4v) is 3.97. The van der Waals surface area contributed by atoms with E-state index in [4.69, 9.17) is 4.74 Å². The molecule has 30 heavy (non-hydrogen) atoms. The average molecular weight is 484 g/mol. The molecule has 2 amide bonds. The second-order valence-electron chi connectivity index (χ2n) is 8.22. The van der Waals surface area contributed by atoms with E-state index in [1.807, 2.05) is 20.8 Å². The SMILES string of the molecule is CC(C)(C)OC(=O)N(c1c(Br)cnc2[nH]cc(NC(=O)CCF)c12)[C@@H]1CCCNC1. The molecule has 164 valence electrons. The lowest BCUT2D eigenvalue weighted by atomic mass is 10.0. The molecular formula is C20H27BrFN5O3. The predicted molar refractivity (Wildman–Crippen MR) is 118 cm³/mol. The molecule has 1 saturated heterocycles. The second kappa shape index (κ2) is 9.30. The van der Waals surface area contributed by atoms with E-state index >= 15 is 0 Å². The third-order valence-corrected chi connectivity index (χ3v) is 5.27. The lowest BCUT2D eigenvalue weighted by Gasteiger charge is -2.36. The molecule has 2 aromatic heterocycles. The summed E-state index contributed by atoms with van der Waals surface area (Å²) in [4.78, 5) is 34.3. The lowest BCUT2D eigenvalue weighted by Crippen LogP contribution is -2.50. The number of piperidine rings is 1. The number of alkyl halides is 1. The van der Waals surface area contributed by atoms with E-state index in [1.54, 1.807) is 17.3 Å². The Morgan fingerprint density at radius 3 is 2.83 bits per heavy atom. The fourth-order valence-electron chi connectivity index (χ4n) is 3.48. The quantitative estimate of drug-likeness (QED) is 0.593. The number of nitrogens with zero attached hydrogens (tertiary/aromatic N) is 2. The van der Waals surface area contributed by atoms with Crippen LogP contribution in [0.2, 0.25) is 0 Å². The van der Waals surface area contributed by atoms with Crippen molar-refractivity contribution >= 4 is 50.3 Å². The third kappa shape index (κ3) is 5.10. The Labute approximate surface area is 183 Å². The van der Waals surface area contributed by atoms with Gasteiger partial charge in [-0.1, -0.05) is 0 Å². The van der Waals surface area contributed by atoms with Crippen LogP contribution in [0, 0.1) is 0 Å². The van der Waals surface area contributed by atoms with Gasteiger partial charge < -0.3 is 20.4 Å². The maximum atomic E-state index is 13.3. The van der Waals surface area contributed by atoms with Crippen LogP contribution < -0.4 is 15.5 Å². The van der Waals surface area contributed by atoms with Crippen molar-refractivity contribution in [1.82, 2.24) is 15.3 Å². The Morgan fingerprint density at radius 1 is 1.43 bits per heavy atom. The minimum Gasteiger partial charge on any atom is -0.443 e. The molecule has 3 N–H and O–H groups in total. The van der Waals surface area contributed by atoms with E-state index in [2.05, 4.69) is 36.5 Å². The number of ether oxygens (including phenoxy) is 1. The first kappa shape index (κ1) is 22.5. The van der Waals surface area contributed by atoms with Crippen LogP contribution in [-0.2, 0) is 9.53 Å². The summed E-state index contributed by atoms with van der Waals surface area (Å²) in [5, 5.41) is 6.60. The first-order chi connectivity index (χ1) is 14.2. The molecule has 0 aromatic carbocycles. The number of hydrogen-bond donors (Lipinski definition) is 3. The Morgan fingerprint density at radius 2 is 2.20 bits per heavy atom. The van der Waals surface area contributed by atoms with Crippen LogP contribution >= 0.6 is 15.9 Å². The summed E-state index contributed by atoms with van der Waals surface area (Å²) in [6.45, 7) is 6.21. The van der Waals surface area contributed by atoms with Gasteiger partial charge in [0.2, 0.25) is 5.91 Å². The van der Waals surface area contributed by atoms with E-state index in [9.17, 15) is 14.0 Å². The maximum Gasteiger partial charge on any atom is 0.415 e. The minimum atomic E-state index is -0.749. The van der Waals surface area contributed by atoms with Crippen molar-refractivity contribution in [3.8, 4) is 0 Å². The molecule has 3 heterocycles. The molecule has 0 unspecified atom stereocenters. The summed E-state index contributed by atoms with van der Waals surface area (Å²) in [6.07, 6.45) is 4.20. The largest absolute Gasteiger partial charge is 0.443 e. The van der Waals surface area contributed by atoms with E-state index in [0.29, 0.717) is 33.4 Å². The van der Waals surface area contributed by atoms with Crippen LogP contribution in [0.15, 0.2) is 16.9 Å². The summed E-state index contributed by atoms with van der Waals surface area (Å²) < 4.78 is 18.9. The number of nitrogens with one attached hydrogen (secondary N) is 3. The van der Waals surface area contributed by atoms with Crippen molar-refractivity contribution in [2.45, 2.75) is 51.7 Å². The molecule has 10 heteroatoms. The molecule has 1 aliphatic rings. The van der Waals surface area contributed by atoms with E-state index < -0.39 is 24.3 Å². The molecule has 0 spiro atoms. The highest BCUT2D eigenvalue weighted by molar-refractivity contribution is 9.10. The molecule has 8 nitrogen and oxygen atoms in total. The Kier molecular flexibility index (Phi) is 6.97. The smallest absolute Gasteiger partial charge is 0.415 e.